The van der Waals surface area contributed by atoms with Gasteiger partial charge in [0.2, 0.25) is 10.0 Å². The number of aliphatic hydroxyl groups excluding tert-OH is 1. The van der Waals surface area contributed by atoms with Crippen molar-refractivity contribution in [2.75, 3.05) is 18.5 Å². The van der Waals surface area contributed by atoms with Crippen molar-refractivity contribution in [2.24, 2.45) is 0 Å². The minimum atomic E-state index is -3.80. The summed E-state index contributed by atoms with van der Waals surface area (Å²) in [5, 5.41) is 21.0. The van der Waals surface area contributed by atoms with E-state index >= 15 is 0 Å². The van der Waals surface area contributed by atoms with Crippen molar-refractivity contribution in [1.29, 1.82) is 0 Å². The highest BCUT2D eigenvalue weighted by molar-refractivity contribution is 7.89. The number of hydrogen-bond acceptors (Lipinski definition) is 5. The molecule has 7 nitrogen and oxygen atoms in total. The van der Waals surface area contributed by atoms with Crippen molar-refractivity contribution in [3.8, 4) is 0 Å². The van der Waals surface area contributed by atoms with Gasteiger partial charge >= 0.3 is 5.97 Å². The van der Waals surface area contributed by atoms with Crippen molar-refractivity contribution >= 4 is 21.7 Å². The molecule has 1 aromatic carbocycles. The molecule has 0 heterocycles. The van der Waals surface area contributed by atoms with Gasteiger partial charge in [-0.3, -0.25) is 0 Å². The van der Waals surface area contributed by atoms with Gasteiger partial charge in [-0.1, -0.05) is 0 Å². The van der Waals surface area contributed by atoms with Crippen molar-refractivity contribution in [2.45, 2.75) is 37.6 Å². The van der Waals surface area contributed by atoms with Crippen LogP contribution in [0.5, 0.6) is 0 Å². The van der Waals surface area contributed by atoms with Crippen LogP contribution < -0.4 is 10.0 Å². The summed E-state index contributed by atoms with van der Waals surface area (Å²) in [6.45, 7) is 5.58. The van der Waals surface area contributed by atoms with Crippen molar-refractivity contribution in [3.05, 3.63) is 23.8 Å². The lowest BCUT2D eigenvalue weighted by Gasteiger charge is -2.23. The first-order valence-electron chi connectivity index (χ1n) is 6.83. The second kappa shape index (κ2) is 7.08. The van der Waals surface area contributed by atoms with Crippen LogP contribution in [0, 0.1) is 0 Å². The van der Waals surface area contributed by atoms with E-state index in [9.17, 15) is 18.3 Å². The van der Waals surface area contributed by atoms with Gasteiger partial charge in [-0.15, -0.1) is 0 Å². The topological polar surface area (TPSA) is 116 Å². The Labute approximate surface area is 130 Å². The fourth-order valence-corrected chi connectivity index (χ4v) is 2.85. The van der Waals surface area contributed by atoms with Gasteiger partial charge in [0.15, 0.2) is 0 Å². The number of nitrogens with one attached hydrogen (secondary N) is 2. The summed E-state index contributed by atoms with van der Waals surface area (Å²) in [4.78, 5) is 11.2. The van der Waals surface area contributed by atoms with Crippen LogP contribution in [0.4, 0.5) is 5.69 Å². The van der Waals surface area contributed by atoms with Gasteiger partial charge in [0.1, 0.15) is 0 Å². The van der Waals surface area contributed by atoms with Gasteiger partial charge in [-0.25, -0.2) is 17.9 Å². The summed E-state index contributed by atoms with van der Waals surface area (Å²) in [6.07, 6.45) is 0.286. The summed E-state index contributed by atoms with van der Waals surface area (Å²) in [5.74, 6) is -1.21. The van der Waals surface area contributed by atoms with E-state index in [0.29, 0.717) is 5.69 Å². The van der Waals surface area contributed by atoms with Crippen LogP contribution in [-0.2, 0) is 10.0 Å². The number of carboxylic acids is 1. The maximum absolute atomic E-state index is 12.1. The van der Waals surface area contributed by atoms with E-state index in [4.69, 9.17) is 5.11 Å². The second-order valence-electron chi connectivity index (χ2n) is 5.86. The van der Waals surface area contributed by atoms with Gasteiger partial charge in [0.25, 0.3) is 0 Å². The van der Waals surface area contributed by atoms with E-state index in [-0.39, 0.29) is 35.6 Å². The molecule has 0 radical (unpaired) electrons. The van der Waals surface area contributed by atoms with Crippen molar-refractivity contribution in [3.63, 3.8) is 0 Å². The Morgan fingerprint density at radius 1 is 1.27 bits per heavy atom. The molecule has 0 fully saturated rings. The van der Waals surface area contributed by atoms with E-state index in [1.54, 1.807) is 0 Å². The van der Waals surface area contributed by atoms with Gasteiger partial charge in [-0.2, -0.15) is 0 Å². The third kappa shape index (κ3) is 5.28. The van der Waals surface area contributed by atoms with Crippen LogP contribution >= 0.6 is 0 Å². The summed E-state index contributed by atoms with van der Waals surface area (Å²) < 4.78 is 26.5. The highest BCUT2D eigenvalue weighted by Gasteiger charge is 2.20. The summed E-state index contributed by atoms with van der Waals surface area (Å²) in [7, 11) is -3.80. The smallest absolute Gasteiger partial charge is 0.337 e. The second-order valence-corrected chi connectivity index (χ2v) is 7.63. The van der Waals surface area contributed by atoms with Crippen LogP contribution in [-0.4, -0.2) is 43.3 Å². The molecule has 4 N–H and O–H groups in total. The number of rotatable bonds is 7. The van der Waals surface area contributed by atoms with Crippen LogP contribution in [0.3, 0.4) is 0 Å². The first kappa shape index (κ1) is 18.4. The molecular formula is C14H22N2O5S. The monoisotopic (exact) mass is 330 g/mol. The van der Waals surface area contributed by atoms with Crippen LogP contribution in [0.15, 0.2) is 23.1 Å². The summed E-state index contributed by atoms with van der Waals surface area (Å²) in [6, 6.07) is 3.91. The molecule has 1 rings (SSSR count). The fraction of sp³-hybridized carbons (Fsp3) is 0.500. The predicted octanol–water partition coefficient (Wildman–Crippen LogP) is 1.26. The molecule has 0 aliphatic rings. The maximum atomic E-state index is 12.1. The molecule has 0 unspecified atom stereocenters. The van der Waals surface area contributed by atoms with Gasteiger partial charge in [0, 0.05) is 24.4 Å². The third-order valence-corrected chi connectivity index (χ3v) is 4.13. The average Bonchev–Trinajstić information content (AvgIpc) is 2.37. The average molecular weight is 330 g/mol. The number of benzene rings is 1. The standard InChI is InChI=1S/C14H22N2O5S/c1-14(2,3)16-12-6-5-10(9-11(12)13(18)19)22(20,21)15-7-4-8-17/h5-6,9,15-17H,4,7-8H2,1-3H3,(H,18,19). The van der Waals surface area contributed by atoms with Crippen LogP contribution in [0.2, 0.25) is 0 Å². The number of carboxylic acid groups (broad SMARTS) is 1. The van der Waals surface area contributed by atoms with Crippen LogP contribution in [0.1, 0.15) is 37.6 Å². The molecule has 0 aliphatic carbocycles. The molecule has 22 heavy (non-hydrogen) atoms. The molecule has 0 aliphatic heterocycles. The minimum Gasteiger partial charge on any atom is -0.478 e. The first-order chi connectivity index (χ1) is 10.1. The highest BCUT2D eigenvalue weighted by atomic mass is 32.2. The number of hydrogen-bond donors (Lipinski definition) is 4. The Morgan fingerprint density at radius 2 is 1.91 bits per heavy atom. The normalized spacial score (nSPS) is 12.2. The van der Waals surface area contributed by atoms with E-state index in [0.717, 1.165) is 6.07 Å². The lowest BCUT2D eigenvalue weighted by atomic mass is 10.1. The molecule has 0 bridgehead atoms. The lowest BCUT2D eigenvalue weighted by Crippen LogP contribution is -2.28. The Balaban J connectivity index is 3.15. The molecule has 0 saturated carbocycles. The maximum Gasteiger partial charge on any atom is 0.337 e. The van der Waals surface area contributed by atoms with E-state index in [1.165, 1.54) is 12.1 Å². The van der Waals surface area contributed by atoms with Gasteiger partial charge < -0.3 is 15.5 Å². The zero-order valence-corrected chi connectivity index (χ0v) is 13.7. The number of carbonyl (C=O) groups is 1. The number of aromatic carboxylic acids is 1. The zero-order valence-electron chi connectivity index (χ0n) is 12.9. The minimum absolute atomic E-state index is 0.0865. The molecule has 0 amide bonds. The van der Waals surface area contributed by atoms with E-state index in [1.807, 2.05) is 20.8 Å². The molecule has 0 aromatic heterocycles. The molecule has 1 aromatic rings. The summed E-state index contributed by atoms with van der Waals surface area (Å²) >= 11 is 0. The van der Waals surface area contributed by atoms with Crippen molar-refractivity contribution in [1.82, 2.24) is 4.72 Å². The van der Waals surface area contributed by atoms with Gasteiger partial charge in [0.05, 0.1) is 10.5 Å². The zero-order chi connectivity index (χ0) is 17.0. The summed E-state index contributed by atoms with van der Waals surface area (Å²) in [5.41, 5.74) is -0.112. The predicted molar refractivity (Wildman–Crippen MR) is 83.7 cm³/mol. The third-order valence-electron chi connectivity index (χ3n) is 2.67. The number of sulfonamides is 1. The lowest BCUT2D eigenvalue weighted by molar-refractivity contribution is 0.0697. The molecular weight excluding hydrogens is 308 g/mol. The molecule has 0 saturated heterocycles. The first-order valence-corrected chi connectivity index (χ1v) is 8.31. The molecule has 0 spiro atoms. The molecule has 8 heteroatoms. The Hall–Kier alpha value is -1.64. The van der Waals surface area contributed by atoms with Crippen molar-refractivity contribution < 1.29 is 23.4 Å². The molecule has 0 atom stereocenters. The van der Waals surface area contributed by atoms with E-state index < -0.39 is 16.0 Å². The Bertz CT molecular complexity index is 635. The quantitative estimate of drug-likeness (QED) is 0.559. The number of aliphatic hydroxyl groups is 1. The van der Waals surface area contributed by atoms with Gasteiger partial charge in [-0.05, 0) is 45.4 Å². The van der Waals surface area contributed by atoms with E-state index in [2.05, 4.69) is 10.0 Å². The molecule has 124 valence electrons. The largest absolute Gasteiger partial charge is 0.478 e. The fourth-order valence-electron chi connectivity index (χ4n) is 1.75. The number of anilines is 1. The highest BCUT2D eigenvalue weighted by Crippen LogP contribution is 2.23. The Kier molecular flexibility index (Phi) is 5.92. The Morgan fingerprint density at radius 3 is 2.41 bits per heavy atom. The SMILES string of the molecule is CC(C)(C)Nc1ccc(S(=O)(=O)NCCCO)cc1C(=O)O. The van der Waals surface area contributed by atoms with Crippen LogP contribution in [0.25, 0.3) is 0 Å².